The number of hydrogen-bond donors (Lipinski definition) is 1. The van der Waals surface area contributed by atoms with Gasteiger partial charge in [0.1, 0.15) is 10.7 Å². The molecule has 2 aliphatic rings. The minimum absolute atomic E-state index is 0.284. The van der Waals surface area contributed by atoms with E-state index in [4.69, 9.17) is 0 Å². The van der Waals surface area contributed by atoms with Crippen molar-refractivity contribution in [2.45, 2.75) is 53.0 Å². The number of nitrogens with one attached hydrogen (secondary N) is 1. The van der Waals surface area contributed by atoms with Crippen molar-refractivity contribution < 1.29 is 8.42 Å². The van der Waals surface area contributed by atoms with Crippen LogP contribution in [0.2, 0.25) is 0 Å². The maximum Gasteiger partial charge on any atom is 0.285 e. The molecule has 0 aliphatic carbocycles. The highest BCUT2D eigenvalue weighted by Crippen LogP contribution is 2.33. The van der Waals surface area contributed by atoms with Gasteiger partial charge in [-0.3, -0.25) is 4.90 Å². The van der Waals surface area contributed by atoms with Gasteiger partial charge in [-0.15, -0.1) is 4.40 Å². The lowest BCUT2D eigenvalue weighted by atomic mass is 9.99. The van der Waals surface area contributed by atoms with Gasteiger partial charge in [-0.05, 0) is 73.5 Å². The number of likely N-dealkylation sites (tertiary alicyclic amines) is 1. The summed E-state index contributed by atoms with van der Waals surface area (Å²) in [6.07, 6.45) is 2.53. The highest BCUT2D eigenvalue weighted by Gasteiger charge is 2.31. The number of piperidine rings is 1. The molecular weight excluding hydrogens is 418 g/mol. The van der Waals surface area contributed by atoms with Crippen molar-refractivity contribution in [3.8, 4) is 0 Å². The summed E-state index contributed by atoms with van der Waals surface area (Å²) in [6.45, 7) is 11.6. The first kappa shape index (κ1) is 22.7. The fraction of sp³-hybridized carbons (Fsp3) is 0.423. The molecule has 0 amide bonds. The molecule has 1 saturated heterocycles. The molecule has 2 heterocycles. The lowest BCUT2D eigenvalue weighted by Gasteiger charge is -2.30. The molecule has 0 spiro atoms. The molecule has 1 fully saturated rings. The fourth-order valence-corrected chi connectivity index (χ4v) is 5.78. The zero-order valence-electron chi connectivity index (χ0n) is 19.4. The number of nitrogens with zero attached hydrogens (tertiary/aromatic N) is 2. The molecule has 0 atom stereocenters. The van der Waals surface area contributed by atoms with Crippen LogP contribution >= 0.6 is 0 Å². The van der Waals surface area contributed by atoms with Crippen molar-refractivity contribution in [3.05, 3.63) is 70.8 Å². The van der Waals surface area contributed by atoms with Crippen molar-refractivity contribution in [2.24, 2.45) is 10.3 Å². The number of amidine groups is 1. The van der Waals surface area contributed by atoms with E-state index in [1.54, 1.807) is 0 Å². The van der Waals surface area contributed by atoms with Gasteiger partial charge >= 0.3 is 0 Å². The normalized spacial score (nSPS) is 19.5. The largest absolute Gasteiger partial charge is 0.339 e. The van der Waals surface area contributed by atoms with E-state index < -0.39 is 10.0 Å². The first-order valence-electron chi connectivity index (χ1n) is 11.5. The van der Waals surface area contributed by atoms with Gasteiger partial charge in [-0.2, -0.15) is 8.42 Å². The van der Waals surface area contributed by atoms with E-state index in [0.29, 0.717) is 22.9 Å². The van der Waals surface area contributed by atoms with E-state index in [2.05, 4.69) is 47.5 Å². The first-order chi connectivity index (χ1) is 15.2. The van der Waals surface area contributed by atoms with E-state index in [0.717, 1.165) is 31.2 Å². The molecule has 0 unspecified atom stereocenters. The topological polar surface area (TPSA) is 61.8 Å². The van der Waals surface area contributed by atoms with Gasteiger partial charge in [-0.1, -0.05) is 57.2 Å². The molecule has 6 heteroatoms. The number of rotatable bonds is 5. The van der Waals surface area contributed by atoms with Gasteiger partial charge in [0, 0.05) is 17.8 Å². The molecule has 2 aliphatic heterocycles. The van der Waals surface area contributed by atoms with Gasteiger partial charge < -0.3 is 5.32 Å². The summed E-state index contributed by atoms with van der Waals surface area (Å²) in [4.78, 5) is 2.78. The van der Waals surface area contributed by atoms with Crippen LogP contribution in [0.5, 0.6) is 0 Å². The fourth-order valence-electron chi connectivity index (χ4n) is 4.35. The van der Waals surface area contributed by atoms with Gasteiger partial charge in [0.05, 0.1) is 0 Å². The molecular formula is C26H33N3O2S. The first-order valence-corrected chi connectivity index (χ1v) is 12.9. The number of anilines is 1. The highest BCUT2D eigenvalue weighted by atomic mass is 32.2. The molecule has 0 saturated carbocycles. The van der Waals surface area contributed by atoms with E-state index in [1.807, 2.05) is 43.3 Å². The van der Waals surface area contributed by atoms with Gasteiger partial charge in [0.2, 0.25) is 0 Å². The Balaban J connectivity index is 1.48. The Morgan fingerprint density at radius 1 is 1.03 bits per heavy atom. The van der Waals surface area contributed by atoms with Crippen LogP contribution in [-0.4, -0.2) is 32.2 Å². The predicted octanol–water partition coefficient (Wildman–Crippen LogP) is 5.63. The molecule has 4 rings (SSSR count). The summed E-state index contributed by atoms with van der Waals surface area (Å²) in [6, 6.07) is 15.9. The summed E-state index contributed by atoms with van der Waals surface area (Å²) < 4.78 is 29.6. The highest BCUT2D eigenvalue weighted by molar-refractivity contribution is 8.00. The molecule has 0 aromatic heterocycles. The monoisotopic (exact) mass is 451 g/mol. The molecule has 2 aromatic carbocycles. The summed E-state index contributed by atoms with van der Waals surface area (Å²) in [5.41, 5.74) is 4.61. The lowest BCUT2D eigenvalue weighted by molar-refractivity contribution is 0.185. The van der Waals surface area contributed by atoms with Crippen LogP contribution in [0.3, 0.4) is 0 Å². The minimum atomic E-state index is -3.73. The van der Waals surface area contributed by atoms with E-state index in [9.17, 15) is 8.42 Å². The smallest absolute Gasteiger partial charge is 0.285 e. The van der Waals surface area contributed by atoms with E-state index in [1.165, 1.54) is 24.0 Å². The molecule has 0 bridgehead atoms. The van der Waals surface area contributed by atoms with Crippen molar-refractivity contribution in [2.75, 3.05) is 18.4 Å². The quantitative estimate of drug-likeness (QED) is 0.640. The maximum atomic E-state index is 12.8. The zero-order chi connectivity index (χ0) is 22.9. The van der Waals surface area contributed by atoms with Gasteiger partial charge in [0.15, 0.2) is 0 Å². The SMILES string of the molecule is CC1=C(c2ccc(C(C)C)cc2)S(=O)(=O)N=C1Nc1ccc(CN2CCC(C)CC2)cc1. The standard InChI is InChI=1S/C26H33N3O2S/c1-18(2)22-7-9-23(10-8-22)25-20(4)26(28-32(25,30)31)27-24-11-5-21(6-12-24)17-29-15-13-19(3)14-16-29/h5-12,18-19H,13-17H2,1-4H3,(H,27,28). The Kier molecular flexibility index (Phi) is 6.54. The second-order valence-electron chi connectivity index (χ2n) is 9.43. The van der Waals surface area contributed by atoms with Crippen LogP contribution in [0.25, 0.3) is 4.91 Å². The van der Waals surface area contributed by atoms with Crippen molar-refractivity contribution in [1.29, 1.82) is 0 Å². The minimum Gasteiger partial charge on any atom is -0.339 e. The summed E-state index contributed by atoms with van der Waals surface area (Å²) in [7, 11) is -3.73. The molecule has 0 radical (unpaired) electrons. The summed E-state index contributed by atoms with van der Waals surface area (Å²) >= 11 is 0. The predicted molar refractivity (Wildman–Crippen MR) is 133 cm³/mol. The zero-order valence-corrected chi connectivity index (χ0v) is 20.2. The van der Waals surface area contributed by atoms with Gasteiger partial charge in [-0.25, -0.2) is 0 Å². The van der Waals surface area contributed by atoms with Crippen molar-refractivity contribution in [1.82, 2.24) is 4.90 Å². The molecule has 5 nitrogen and oxygen atoms in total. The Hall–Kier alpha value is -2.44. The molecule has 2 aromatic rings. The second kappa shape index (κ2) is 9.20. The maximum absolute atomic E-state index is 12.8. The molecule has 1 N–H and O–H groups in total. The third-order valence-electron chi connectivity index (χ3n) is 6.50. The summed E-state index contributed by atoms with van der Waals surface area (Å²) in [5.74, 6) is 1.62. The van der Waals surface area contributed by atoms with Crippen molar-refractivity contribution >= 4 is 26.5 Å². The van der Waals surface area contributed by atoms with Crippen LogP contribution in [0.1, 0.15) is 63.1 Å². The van der Waals surface area contributed by atoms with E-state index >= 15 is 0 Å². The average Bonchev–Trinajstić information content (AvgIpc) is 2.99. The number of benzene rings is 2. The third kappa shape index (κ3) is 4.97. The number of sulfonamides is 1. The average molecular weight is 452 g/mol. The lowest BCUT2D eigenvalue weighted by Crippen LogP contribution is -2.32. The van der Waals surface area contributed by atoms with Crippen molar-refractivity contribution in [3.63, 3.8) is 0 Å². The molecule has 170 valence electrons. The number of hydrogen-bond acceptors (Lipinski definition) is 4. The Bertz CT molecular complexity index is 1120. The third-order valence-corrected chi connectivity index (χ3v) is 7.98. The van der Waals surface area contributed by atoms with E-state index in [-0.39, 0.29) is 4.91 Å². The Morgan fingerprint density at radius 3 is 2.25 bits per heavy atom. The molecule has 32 heavy (non-hydrogen) atoms. The Labute approximate surface area is 192 Å². The van der Waals surface area contributed by atoms with Crippen LogP contribution in [0.15, 0.2) is 58.5 Å². The van der Waals surface area contributed by atoms with Crippen LogP contribution in [0.4, 0.5) is 5.69 Å². The Morgan fingerprint density at radius 2 is 1.66 bits per heavy atom. The summed E-state index contributed by atoms with van der Waals surface area (Å²) in [5, 5.41) is 3.21. The second-order valence-corrected chi connectivity index (χ2v) is 11.0. The van der Waals surface area contributed by atoms with Crippen LogP contribution in [0, 0.1) is 5.92 Å². The van der Waals surface area contributed by atoms with Gasteiger partial charge in [0.25, 0.3) is 10.0 Å². The van der Waals surface area contributed by atoms with Crippen LogP contribution < -0.4 is 5.32 Å². The van der Waals surface area contributed by atoms with Crippen LogP contribution in [-0.2, 0) is 16.6 Å².